The number of carboxylic acid groups (broad SMARTS) is 1. The molecule has 0 saturated carbocycles. The number of nitrogens with zero attached hydrogens (tertiary/aromatic N) is 3. The van der Waals surface area contributed by atoms with Gasteiger partial charge in [0.25, 0.3) is 0 Å². The lowest BCUT2D eigenvalue weighted by Gasteiger charge is -2.18. The molecule has 0 bridgehead atoms. The van der Waals surface area contributed by atoms with Crippen LogP contribution in [0.5, 0.6) is 0 Å². The quantitative estimate of drug-likeness (QED) is 0.437. The van der Waals surface area contributed by atoms with Crippen LogP contribution >= 0.6 is 0 Å². The number of hydrogen-bond acceptors (Lipinski definition) is 5. The van der Waals surface area contributed by atoms with Crippen molar-refractivity contribution in [3.05, 3.63) is 65.3 Å². The van der Waals surface area contributed by atoms with Gasteiger partial charge in [0.1, 0.15) is 17.7 Å². The zero-order valence-corrected chi connectivity index (χ0v) is 17.4. The van der Waals surface area contributed by atoms with E-state index in [4.69, 9.17) is 9.90 Å². The largest absolute Gasteiger partial charge is 0.490 e. The lowest BCUT2D eigenvalue weighted by Crippen LogP contribution is -2.35. The molecule has 176 valence electrons. The van der Waals surface area contributed by atoms with Gasteiger partial charge in [0.05, 0.1) is 23.6 Å². The molecule has 0 fully saturated rings. The van der Waals surface area contributed by atoms with Crippen LogP contribution < -0.4 is 10.6 Å². The molecule has 1 aromatic carbocycles. The van der Waals surface area contributed by atoms with Gasteiger partial charge in [-0.25, -0.2) is 14.2 Å². The van der Waals surface area contributed by atoms with Crippen molar-refractivity contribution in [2.45, 2.75) is 38.7 Å². The number of fused-ring (bicyclic) bond motifs is 1. The molecule has 2 unspecified atom stereocenters. The number of H-pyrrole nitrogens is 1. The Morgan fingerprint density at radius 3 is 2.61 bits per heavy atom. The molecule has 4 rings (SSSR count). The van der Waals surface area contributed by atoms with E-state index in [1.165, 1.54) is 6.07 Å². The van der Waals surface area contributed by atoms with Gasteiger partial charge in [-0.2, -0.15) is 18.3 Å². The number of hydrogen-bond donors (Lipinski definition) is 4. The van der Waals surface area contributed by atoms with Crippen LogP contribution in [0.4, 0.5) is 17.6 Å². The van der Waals surface area contributed by atoms with Crippen molar-refractivity contribution in [1.82, 2.24) is 30.4 Å². The second kappa shape index (κ2) is 9.40. The normalized spacial score (nSPS) is 15.9. The summed E-state index contributed by atoms with van der Waals surface area (Å²) in [6, 6.07) is 4.19. The van der Waals surface area contributed by atoms with Crippen molar-refractivity contribution in [1.29, 1.82) is 0 Å². The van der Waals surface area contributed by atoms with Gasteiger partial charge in [0.15, 0.2) is 0 Å². The molecule has 2 atom stereocenters. The average molecular weight is 468 g/mol. The molecule has 3 heterocycles. The molecular weight excluding hydrogens is 448 g/mol. The fraction of sp³-hybridized carbons (Fsp3) is 0.300. The van der Waals surface area contributed by atoms with Gasteiger partial charge in [-0.3, -0.25) is 15.2 Å². The number of benzene rings is 1. The Balaban J connectivity index is 0.000000383. The third-order valence-corrected chi connectivity index (χ3v) is 4.97. The maximum atomic E-state index is 14.6. The highest BCUT2D eigenvalue weighted by atomic mass is 19.4. The summed E-state index contributed by atoms with van der Waals surface area (Å²) in [6.07, 6.45) is -0.0801. The summed E-state index contributed by atoms with van der Waals surface area (Å²) in [6.45, 7) is 4.23. The number of aromatic amines is 1. The third-order valence-electron chi connectivity index (χ3n) is 4.97. The molecule has 1 aliphatic heterocycles. The monoisotopic (exact) mass is 468 g/mol. The van der Waals surface area contributed by atoms with E-state index in [2.05, 4.69) is 25.8 Å². The van der Waals surface area contributed by atoms with E-state index in [-0.39, 0.29) is 17.8 Å². The average Bonchev–Trinajstić information content (AvgIpc) is 3.44. The molecule has 0 saturated heterocycles. The Morgan fingerprint density at radius 1 is 1.33 bits per heavy atom. The highest BCUT2D eigenvalue weighted by Gasteiger charge is 2.38. The molecule has 0 radical (unpaired) electrons. The van der Waals surface area contributed by atoms with Gasteiger partial charge in [-0.05, 0) is 31.5 Å². The fourth-order valence-corrected chi connectivity index (χ4v) is 3.26. The van der Waals surface area contributed by atoms with Crippen LogP contribution in [0.2, 0.25) is 0 Å². The number of carbonyl (C=O) groups is 2. The van der Waals surface area contributed by atoms with Crippen molar-refractivity contribution < 1.29 is 32.3 Å². The number of imidazole rings is 1. The first kappa shape index (κ1) is 23.9. The van der Waals surface area contributed by atoms with Crippen LogP contribution in [0.3, 0.4) is 0 Å². The van der Waals surface area contributed by atoms with Gasteiger partial charge in [0.2, 0.25) is 5.91 Å². The second-order valence-corrected chi connectivity index (χ2v) is 7.21. The number of amides is 1. The van der Waals surface area contributed by atoms with Crippen molar-refractivity contribution >= 4 is 11.9 Å². The van der Waals surface area contributed by atoms with Gasteiger partial charge in [-0.1, -0.05) is 6.07 Å². The first-order chi connectivity index (χ1) is 15.5. The Morgan fingerprint density at radius 2 is 2.03 bits per heavy atom. The zero-order valence-electron chi connectivity index (χ0n) is 17.4. The molecule has 9 nitrogen and oxygen atoms in total. The number of carboxylic acids is 1. The number of nitrogens with one attached hydrogen (secondary N) is 3. The molecule has 1 amide bonds. The predicted molar refractivity (Wildman–Crippen MR) is 107 cm³/mol. The highest BCUT2D eigenvalue weighted by Crippen LogP contribution is 2.25. The van der Waals surface area contributed by atoms with E-state index in [1.54, 1.807) is 29.2 Å². The summed E-state index contributed by atoms with van der Waals surface area (Å²) in [5.41, 5.74) is 2.90. The fourth-order valence-electron chi connectivity index (χ4n) is 3.26. The summed E-state index contributed by atoms with van der Waals surface area (Å²) in [4.78, 5) is 25.6. The van der Waals surface area contributed by atoms with Crippen LogP contribution in [-0.4, -0.2) is 42.9 Å². The van der Waals surface area contributed by atoms with Gasteiger partial charge in [-0.15, -0.1) is 0 Å². The number of halogens is 4. The van der Waals surface area contributed by atoms with Gasteiger partial charge < -0.3 is 15.0 Å². The van der Waals surface area contributed by atoms with E-state index in [0.29, 0.717) is 23.6 Å². The highest BCUT2D eigenvalue weighted by molar-refractivity contribution is 5.84. The second-order valence-electron chi connectivity index (χ2n) is 7.21. The molecule has 0 spiro atoms. The topological polar surface area (TPSA) is 125 Å². The van der Waals surface area contributed by atoms with E-state index in [0.717, 1.165) is 11.3 Å². The lowest BCUT2D eigenvalue weighted by molar-refractivity contribution is -0.192. The summed E-state index contributed by atoms with van der Waals surface area (Å²) >= 11 is 0. The van der Waals surface area contributed by atoms with Crippen molar-refractivity contribution in [3.8, 4) is 5.69 Å². The number of aromatic nitrogens is 4. The van der Waals surface area contributed by atoms with Gasteiger partial charge >= 0.3 is 12.1 Å². The summed E-state index contributed by atoms with van der Waals surface area (Å²) < 4.78 is 48.0. The molecule has 4 N–H and O–H groups in total. The molecule has 33 heavy (non-hydrogen) atoms. The number of alkyl halides is 3. The molecule has 3 aromatic rings. The Kier molecular flexibility index (Phi) is 6.81. The molecule has 1 aliphatic rings. The Bertz CT molecular complexity index is 1160. The number of rotatable bonds is 4. The number of aryl methyl sites for hydroxylation is 1. The summed E-state index contributed by atoms with van der Waals surface area (Å²) in [5, 5.41) is 20.0. The SMILES string of the molecule is Cc1nccn1-c1ccc(C(C)NC(=O)C2NCc3[nH]ncc32)cc1F.O=C(O)C(F)(F)F. The summed E-state index contributed by atoms with van der Waals surface area (Å²) in [5.74, 6) is -2.57. The Hall–Kier alpha value is -3.74. The minimum absolute atomic E-state index is 0.160. The molecule has 13 heteroatoms. The van der Waals surface area contributed by atoms with Crippen LogP contribution in [0.1, 0.15) is 41.7 Å². The van der Waals surface area contributed by atoms with Crippen LogP contribution in [0.15, 0.2) is 36.8 Å². The maximum absolute atomic E-state index is 14.6. The smallest absolute Gasteiger partial charge is 0.475 e. The minimum Gasteiger partial charge on any atom is -0.475 e. The first-order valence-electron chi connectivity index (χ1n) is 9.64. The van der Waals surface area contributed by atoms with E-state index in [9.17, 15) is 22.4 Å². The van der Waals surface area contributed by atoms with Crippen molar-refractivity contribution in [2.24, 2.45) is 0 Å². The van der Waals surface area contributed by atoms with E-state index >= 15 is 0 Å². The van der Waals surface area contributed by atoms with Crippen LogP contribution in [0.25, 0.3) is 5.69 Å². The van der Waals surface area contributed by atoms with Gasteiger partial charge in [0, 0.05) is 24.5 Å². The number of aliphatic carboxylic acids is 1. The van der Waals surface area contributed by atoms with E-state index < -0.39 is 18.2 Å². The summed E-state index contributed by atoms with van der Waals surface area (Å²) in [7, 11) is 0. The molecular formula is C20H20F4N6O3. The predicted octanol–water partition coefficient (Wildman–Crippen LogP) is 2.70. The molecule has 2 aromatic heterocycles. The minimum atomic E-state index is -5.08. The zero-order chi connectivity index (χ0) is 24.3. The first-order valence-corrected chi connectivity index (χ1v) is 9.64. The molecule has 0 aliphatic carbocycles. The number of carbonyl (C=O) groups excluding carboxylic acids is 1. The van der Waals surface area contributed by atoms with Crippen LogP contribution in [-0.2, 0) is 16.1 Å². The van der Waals surface area contributed by atoms with E-state index in [1.807, 2.05) is 19.9 Å². The van der Waals surface area contributed by atoms with Crippen molar-refractivity contribution in [3.63, 3.8) is 0 Å². The third kappa shape index (κ3) is 5.37. The van der Waals surface area contributed by atoms with Crippen LogP contribution in [0, 0.1) is 12.7 Å². The standard InChI is InChI=1S/C18H19FN6O.C2HF3O2/c1-10(23-18(26)17-13-8-22-24-15(13)9-21-17)12-3-4-16(14(19)7-12)25-6-5-20-11(25)2;3-2(4,5)1(6)7/h3-8,10,17,21H,9H2,1-2H3,(H,22,24)(H,23,26);(H,6,7). The Labute approximate surface area is 184 Å². The van der Waals surface area contributed by atoms with Crippen molar-refractivity contribution in [2.75, 3.05) is 0 Å². The lowest BCUT2D eigenvalue weighted by atomic mass is 10.1. The maximum Gasteiger partial charge on any atom is 0.490 e.